The Balaban J connectivity index is 2.50. The second kappa shape index (κ2) is 2.95. The Labute approximate surface area is 80.8 Å². The van der Waals surface area contributed by atoms with E-state index in [9.17, 15) is 0 Å². The third-order valence-electron chi connectivity index (χ3n) is 1.34. The molecule has 0 aliphatic carbocycles. The molecule has 0 aromatic carbocycles. The average Bonchev–Trinajstić information content (AvgIpc) is 2.58. The lowest BCUT2D eigenvalue weighted by Crippen LogP contribution is -1.76. The monoisotopic (exact) mass is 245 g/mol. The number of aryl methyl sites for hydroxylation is 1. The molecule has 0 saturated carbocycles. The van der Waals surface area contributed by atoms with Gasteiger partial charge in [0, 0.05) is 15.9 Å². The molecule has 0 N–H and O–H groups in total. The first-order chi connectivity index (χ1) is 5.77. The van der Waals surface area contributed by atoms with Crippen LogP contribution in [0.2, 0.25) is 0 Å². The quantitative estimate of drug-likeness (QED) is 0.774. The number of hydrogen-bond acceptors (Lipinski definition) is 5. The molecule has 2 rings (SSSR count). The molecule has 4 nitrogen and oxygen atoms in total. The zero-order chi connectivity index (χ0) is 8.55. The molecule has 2 aromatic rings. The molecule has 2 heterocycles. The highest BCUT2D eigenvalue weighted by Gasteiger charge is 2.11. The summed E-state index contributed by atoms with van der Waals surface area (Å²) in [6.07, 6.45) is 0. The molecule has 0 fully saturated rings. The second-order valence-electron chi connectivity index (χ2n) is 2.13. The Morgan fingerprint density at radius 1 is 1.50 bits per heavy atom. The van der Waals surface area contributed by atoms with Gasteiger partial charge >= 0.3 is 0 Å². The number of hydrogen-bond donors (Lipinski definition) is 0. The minimum Gasteiger partial charge on any atom is -0.410 e. The molecule has 0 saturated heterocycles. The van der Waals surface area contributed by atoms with Crippen LogP contribution in [0, 0.1) is 6.92 Å². The Morgan fingerprint density at radius 3 is 2.83 bits per heavy atom. The number of rotatable bonds is 1. The summed E-state index contributed by atoms with van der Waals surface area (Å²) in [6, 6.07) is 0. The SMILES string of the molecule is Cc1ncsc1-c1nnc(Br)o1. The summed E-state index contributed by atoms with van der Waals surface area (Å²) in [5.41, 5.74) is 2.67. The van der Waals surface area contributed by atoms with E-state index in [0.29, 0.717) is 10.7 Å². The lowest BCUT2D eigenvalue weighted by Gasteiger charge is -1.86. The molecule has 6 heteroatoms. The lowest BCUT2D eigenvalue weighted by molar-refractivity contribution is 0.541. The van der Waals surface area contributed by atoms with E-state index in [1.807, 2.05) is 6.92 Å². The van der Waals surface area contributed by atoms with Crippen molar-refractivity contribution in [1.82, 2.24) is 15.2 Å². The highest BCUT2D eigenvalue weighted by Crippen LogP contribution is 2.26. The molecular weight excluding hydrogens is 242 g/mol. The van der Waals surface area contributed by atoms with Crippen molar-refractivity contribution >= 4 is 27.3 Å². The summed E-state index contributed by atoms with van der Waals surface area (Å²) in [5.74, 6) is 0.516. The van der Waals surface area contributed by atoms with Crippen molar-refractivity contribution in [2.24, 2.45) is 0 Å². The minimum absolute atomic E-state index is 0.394. The van der Waals surface area contributed by atoms with Crippen molar-refractivity contribution in [3.63, 3.8) is 0 Å². The summed E-state index contributed by atoms with van der Waals surface area (Å²) >= 11 is 4.57. The van der Waals surface area contributed by atoms with E-state index in [1.54, 1.807) is 5.51 Å². The first-order valence-corrected chi connectivity index (χ1v) is 4.84. The number of thiazole rings is 1. The van der Waals surface area contributed by atoms with E-state index >= 15 is 0 Å². The van der Waals surface area contributed by atoms with Crippen LogP contribution in [0.25, 0.3) is 10.8 Å². The van der Waals surface area contributed by atoms with Crippen LogP contribution < -0.4 is 0 Å². The second-order valence-corrected chi connectivity index (χ2v) is 3.66. The van der Waals surface area contributed by atoms with Crippen LogP contribution in [-0.4, -0.2) is 15.2 Å². The lowest BCUT2D eigenvalue weighted by atomic mass is 10.4. The van der Waals surface area contributed by atoms with E-state index < -0.39 is 0 Å². The predicted octanol–water partition coefficient (Wildman–Crippen LogP) is 2.26. The Hall–Kier alpha value is -0.750. The van der Waals surface area contributed by atoms with Gasteiger partial charge in [0.15, 0.2) is 0 Å². The normalized spacial score (nSPS) is 10.5. The summed E-state index contributed by atoms with van der Waals surface area (Å²) in [7, 11) is 0. The minimum atomic E-state index is 0.394. The standard InChI is InChI=1S/C6H4BrN3OS/c1-3-4(12-2-8-3)5-9-10-6(7)11-5/h2H,1H3. The first-order valence-electron chi connectivity index (χ1n) is 3.17. The average molecular weight is 246 g/mol. The maximum absolute atomic E-state index is 5.17. The van der Waals surface area contributed by atoms with Gasteiger partial charge in [-0.25, -0.2) is 4.98 Å². The van der Waals surface area contributed by atoms with Crippen LogP contribution in [0.4, 0.5) is 0 Å². The van der Waals surface area contributed by atoms with Gasteiger partial charge in [0.25, 0.3) is 10.7 Å². The van der Waals surface area contributed by atoms with E-state index in [-0.39, 0.29) is 0 Å². The van der Waals surface area contributed by atoms with Gasteiger partial charge < -0.3 is 4.42 Å². The summed E-state index contributed by atoms with van der Waals surface area (Å²) in [4.78, 5) is 5.40. The molecule has 0 bridgehead atoms. The fraction of sp³-hybridized carbons (Fsp3) is 0.167. The maximum Gasteiger partial charge on any atom is 0.285 e. The van der Waals surface area contributed by atoms with Crippen LogP contribution in [0.15, 0.2) is 14.7 Å². The van der Waals surface area contributed by atoms with Crippen LogP contribution in [0.5, 0.6) is 0 Å². The summed E-state index contributed by atoms with van der Waals surface area (Å²) in [6.45, 7) is 1.91. The van der Waals surface area contributed by atoms with Gasteiger partial charge in [0.2, 0.25) is 0 Å². The molecule has 0 aliphatic rings. The van der Waals surface area contributed by atoms with Crippen LogP contribution in [0.3, 0.4) is 0 Å². The zero-order valence-electron chi connectivity index (χ0n) is 6.11. The Kier molecular flexibility index (Phi) is 1.93. The van der Waals surface area contributed by atoms with Crippen molar-refractivity contribution in [1.29, 1.82) is 0 Å². The predicted molar refractivity (Wildman–Crippen MR) is 47.8 cm³/mol. The molecule has 0 atom stereocenters. The van der Waals surface area contributed by atoms with Crippen molar-refractivity contribution in [2.75, 3.05) is 0 Å². The summed E-state index contributed by atoms with van der Waals surface area (Å²) < 4.78 is 5.17. The van der Waals surface area contributed by atoms with Crippen molar-refractivity contribution < 1.29 is 4.42 Å². The maximum atomic E-state index is 5.17. The smallest absolute Gasteiger partial charge is 0.285 e. The molecule has 62 valence electrons. The van der Waals surface area contributed by atoms with Gasteiger partial charge in [-0.05, 0) is 6.92 Å². The molecule has 12 heavy (non-hydrogen) atoms. The Bertz CT molecular complexity index is 397. The number of aromatic nitrogens is 3. The van der Waals surface area contributed by atoms with Crippen molar-refractivity contribution in [3.05, 3.63) is 16.0 Å². The van der Waals surface area contributed by atoms with Crippen LogP contribution >= 0.6 is 27.3 Å². The zero-order valence-corrected chi connectivity index (χ0v) is 8.52. The molecule has 0 unspecified atom stereocenters. The fourth-order valence-electron chi connectivity index (χ4n) is 0.804. The van der Waals surface area contributed by atoms with E-state index in [0.717, 1.165) is 10.6 Å². The molecular formula is C6H4BrN3OS. The first kappa shape index (κ1) is 7.88. The topological polar surface area (TPSA) is 51.8 Å². The number of halogens is 1. The van der Waals surface area contributed by atoms with Crippen molar-refractivity contribution in [3.8, 4) is 10.8 Å². The van der Waals surface area contributed by atoms with E-state index in [1.165, 1.54) is 11.3 Å². The van der Waals surface area contributed by atoms with Crippen LogP contribution in [-0.2, 0) is 0 Å². The third kappa shape index (κ3) is 1.27. The van der Waals surface area contributed by atoms with Gasteiger partial charge in [-0.15, -0.1) is 21.5 Å². The van der Waals surface area contributed by atoms with Gasteiger partial charge in [-0.2, -0.15) is 0 Å². The Morgan fingerprint density at radius 2 is 2.33 bits per heavy atom. The summed E-state index contributed by atoms with van der Waals surface area (Å²) in [5, 5.41) is 7.52. The van der Waals surface area contributed by atoms with E-state index in [4.69, 9.17) is 4.42 Å². The van der Waals surface area contributed by atoms with Gasteiger partial charge in [0.1, 0.15) is 4.88 Å². The molecule has 0 amide bonds. The van der Waals surface area contributed by atoms with Crippen molar-refractivity contribution in [2.45, 2.75) is 6.92 Å². The van der Waals surface area contributed by atoms with Gasteiger partial charge in [0.05, 0.1) is 11.2 Å². The number of nitrogens with zero attached hydrogens (tertiary/aromatic N) is 3. The van der Waals surface area contributed by atoms with Gasteiger partial charge in [-0.3, -0.25) is 0 Å². The largest absolute Gasteiger partial charge is 0.410 e. The molecule has 0 aliphatic heterocycles. The van der Waals surface area contributed by atoms with E-state index in [2.05, 4.69) is 31.1 Å². The highest BCUT2D eigenvalue weighted by atomic mass is 79.9. The fourth-order valence-corrected chi connectivity index (χ4v) is 1.76. The van der Waals surface area contributed by atoms with Gasteiger partial charge in [-0.1, -0.05) is 0 Å². The third-order valence-corrected chi connectivity index (χ3v) is 2.58. The molecule has 2 aromatic heterocycles. The highest BCUT2D eigenvalue weighted by molar-refractivity contribution is 9.10. The molecule has 0 spiro atoms. The van der Waals surface area contributed by atoms with Crippen LogP contribution in [0.1, 0.15) is 5.69 Å². The molecule has 0 radical (unpaired) electrons.